The average molecular weight is 281 g/mol. The molecule has 1 N–H and O–H groups in total. The van der Waals surface area contributed by atoms with E-state index in [2.05, 4.69) is 64.6 Å². The van der Waals surface area contributed by atoms with Crippen molar-refractivity contribution in [1.82, 2.24) is 9.88 Å². The summed E-state index contributed by atoms with van der Waals surface area (Å²) in [6.45, 7) is 7.65. The summed E-state index contributed by atoms with van der Waals surface area (Å²) in [4.78, 5) is 6.79. The van der Waals surface area contributed by atoms with Crippen molar-refractivity contribution in [3.05, 3.63) is 59.9 Å². The molecule has 3 rings (SSSR count). The molecule has 2 atom stereocenters. The van der Waals surface area contributed by atoms with E-state index >= 15 is 0 Å². The minimum Gasteiger partial charge on any atom is -0.381 e. The number of likely N-dealkylation sites (tertiary alicyclic amines) is 1. The minimum absolute atomic E-state index is 0.510. The van der Waals surface area contributed by atoms with Gasteiger partial charge in [-0.05, 0) is 30.5 Å². The lowest BCUT2D eigenvalue weighted by Gasteiger charge is -2.18. The van der Waals surface area contributed by atoms with E-state index in [1.165, 1.54) is 11.3 Å². The van der Waals surface area contributed by atoms with Crippen LogP contribution in [0.25, 0.3) is 0 Å². The van der Waals surface area contributed by atoms with Crippen molar-refractivity contribution in [2.24, 2.45) is 5.92 Å². The molecule has 0 radical (unpaired) electrons. The lowest BCUT2D eigenvalue weighted by molar-refractivity contribution is 0.319. The lowest BCUT2D eigenvalue weighted by atomic mass is 10.1. The molecule has 0 amide bonds. The highest BCUT2D eigenvalue weighted by atomic mass is 15.2. The van der Waals surface area contributed by atoms with Crippen LogP contribution in [0, 0.1) is 12.8 Å². The van der Waals surface area contributed by atoms with Crippen LogP contribution >= 0.6 is 0 Å². The maximum absolute atomic E-state index is 4.25. The van der Waals surface area contributed by atoms with Crippen LogP contribution in [0.2, 0.25) is 0 Å². The fraction of sp³-hybridized carbons (Fsp3) is 0.389. The van der Waals surface area contributed by atoms with E-state index in [-0.39, 0.29) is 0 Å². The van der Waals surface area contributed by atoms with Crippen molar-refractivity contribution >= 4 is 5.69 Å². The van der Waals surface area contributed by atoms with E-state index in [9.17, 15) is 0 Å². The zero-order valence-corrected chi connectivity index (χ0v) is 12.8. The summed E-state index contributed by atoms with van der Waals surface area (Å²) in [5.74, 6) is 0.655. The van der Waals surface area contributed by atoms with Gasteiger partial charge in [-0.2, -0.15) is 0 Å². The van der Waals surface area contributed by atoms with Gasteiger partial charge in [0, 0.05) is 43.3 Å². The molecule has 3 nitrogen and oxygen atoms in total. The van der Waals surface area contributed by atoms with Crippen molar-refractivity contribution in [1.29, 1.82) is 0 Å². The SMILES string of the molecule is Cc1cc(NC2CN(Cc3ccccc3)CC2C)ccn1. The number of anilines is 1. The van der Waals surface area contributed by atoms with Crippen LogP contribution < -0.4 is 5.32 Å². The molecule has 0 saturated carbocycles. The number of pyridine rings is 1. The first-order chi connectivity index (χ1) is 10.2. The first-order valence-corrected chi connectivity index (χ1v) is 7.66. The molecule has 1 fully saturated rings. The molecule has 1 aromatic heterocycles. The molecule has 0 spiro atoms. The van der Waals surface area contributed by atoms with Crippen LogP contribution in [0.15, 0.2) is 48.7 Å². The standard InChI is InChI=1S/C18H23N3/c1-14-11-21(12-16-6-4-3-5-7-16)13-18(14)20-17-8-9-19-15(2)10-17/h3-10,14,18H,11-13H2,1-2H3,(H,19,20). The zero-order valence-electron chi connectivity index (χ0n) is 12.8. The van der Waals surface area contributed by atoms with Gasteiger partial charge < -0.3 is 5.32 Å². The van der Waals surface area contributed by atoms with E-state index in [1.54, 1.807) is 0 Å². The number of rotatable bonds is 4. The van der Waals surface area contributed by atoms with Gasteiger partial charge in [0.25, 0.3) is 0 Å². The third-order valence-corrected chi connectivity index (χ3v) is 4.19. The van der Waals surface area contributed by atoms with Gasteiger partial charge in [-0.1, -0.05) is 37.3 Å². The Morgan fingerprint density at radius 3 is 2.76 bits per heavy atom. The van der Waals surface area contributed by atoms with Gasteiger partial charge in [-0.3, -0.25) is 9.88 Å². The van der Waals surface area contributed by atoms with Crippen LogP contribution in [0.5, 0.6) is 0 Å². The summed E-state index contributed by atoms with van der Waals surface area (Å²) in [6.07, 6.45) is 1.87. The number of nitrogens with zero attached hydrogens (tertiary/aromatic N) is 2. The normalized spacial score (nSPS) is 22.4. The predicted octanol–water partition coefficient (Wildman–Crippen LogP) is 3.32. The van der Waals surface area contributed by atoms with E-state index in [1.807, 2.05) is 13.1 Å². The van der Waals surface area contributed by atoms with Crippen molar-refractivity contribution in [3.63, 3.8) is 0 Å². The molecule has 1 aliphatic rings. The third-order valence-electron chi connectivity index (χ3n) is 4.19. The molecule has 0 aliphatic carbocycles. The van der Waals surface area contributed by atoms with Gasteiger partial charge in [-0.15, -0.1) is 0 Å². The summed E-state index contributed by atoms with van der Waals surface area (Å²) in [5.41, 5.74) is 3.64. The topological polar surface area (TPSA) is 28.2 Å². The molecular weight excluding hydrogens is 258 g/mol. The molecule has 2 unspecified atom stereocenters. The molecule has 0 bridgehead atoms. The lowest BCUT2D eigenvalue weighted by Crippen LogP contribution is -2.28. The summed E-state index contributed by atoms with van der Waals surface area (Å²) < 4.78 is 0. The Bertz CT molecular complexity index is 582. The molecule has 2 heterocycles. The maximum Gasteiger partial charge on any atom is 0.0426 e. The van der Waals surface area contributed by atoms with E-state index < -0.39 is 0 Å². The third kappa shape index (κ3) is 3.61. The maximum atomic E-state index is 4.25. The Kier molecular flexibility index (Phi) is 4.20. The summed E-state index contributed by atoms with van der Waals surface area (Å²) in [7, 11) is 0. The van der Waals surface area contributed by atoms with Crippen molar-refractivity contribution < 1.29 is 0 Å². The van der Waals surface area contributed by atoms with Gasteiger partial charge >= 0.3 is 0 Å². The van der Waals surface area contributed by atoms with E-state index in [4.69, 9.17) is 0 Å². The second-order valence-corrected chi connectivity index (χ2v) is 6.09. The molecule has 2 aromatic rings. The van der Waals surface area contributed by atoms with Crippen LogP contribution in [0.4, 0.5) is 5.69 Å². The Morgan fingerprint density at radius 1 is 1.19 bits per heavy atom. The monoisotopic (exact) mass is 281 g/mol. The molecule has 1 saturated heterocycles. The summed E-state index contributed by atoms with van der Waals surface area (Å²) in [5, 5.41) is 3.67. The predicted molar refractivity (Wildman–Crippen MR) is 87.3 cm³/mol. The van der Waals surface area contributed by atoms with E-state index in [0.717, 1.165) is 25.3 Å². The minimum atomic E-state index is 0.510. The molecule has 1 aliphatic heterocycles. The highest BCUT2D eigenvalue weighted by Crippen LogP contribution is 2.22. The molecular formula is C18H23N3. The number of hydrogen-bond donors (Lipinski definition) is 1. The average Bonchev–Trinajstić information content (AvgIpc) is 2.80. The Labute approximate surface area is 127 Å². The second-order valence-electron chi connectivity index (χ2n) is 6.09. The van der Waals surface area contributed by atoms with Gasteiger partial charge in [-0.25, -0.2) is 0 Å². The smallest absolute Gasteiger partial charge is 0.0426 e. The van der Waals surface area contributed by atoms with E-state index in [0.29, 0.717) is 12.0 Å². The highest BCUT2D eigenvalue weighted by Gasteiger charge is 2.29. The van der Waals surface area contributed by atoms with Crippen LogP contribution in [-0.2, 0) is 6.54 Å². The number of hydrogen-bond acceptors (Lipinski definition) is 3. The summed E-state index contributed by atoms with van der Waals surface area (Å²) >= 11 is 0. The second kappa shape index (κ2) is 6.27. The largest absolute Gasteiger partial charge is 0.381 e. The van der Waals surface area contributed by atoms with Crippen molar-refractivity contribution in [2.75, 3.05) is 18.4 Å². The van der Waals surface area contributed by atoms with Gasteiger partial charge in [0.05, 0.1) is 0 Å². The molecule has 21 heavy (non-hydrogen) atoms. The van der Waals surface area contributed by atoms with Crippen molar-refractivity contribution in [2.45, 2.75) is 26.4 Å². The number of benzene rings is 1. The van der Waals surface area contributed by atoms with Crippen molar-refractivity contribution in [3.8, 4) is 0 Å². The van der Waals surface area contributed by atoms with Gasteiger partial charge in [0.1, 0.15) is 0 Å². The summed E-state index contributed by atoms with van der Waals surface area (Å²) in [6, 6.07) is 15.4. The van der Waals surface area contributed by atoms with Crippen LogP contribution in [0.1, 0.15) is 18.2 Å². The fourth-order valence-corrected chi connectivity index (χ4v) is 3.08. The number of nitrogens with one attached hydrogen (secondary N) is 1. The Balaban J connectivity index is 1.61. The Hall–Kier alpha value is -1.87. The Morgan fingerprint density at radius 2 is 2.00 bits per heavy atom. The first kappa shape index (κ1) is 14.1. The van der Waals surface area contributed by atoms with Crippen LogP contribution in [0.3, 0.4) is 0 Å². The highest BCUT2D eigenvalue weighted by molar-refractivity contribution is 5.44. The molecule has 110 valence electrons. The molecule has 3 heteroatoms. The fourth-order valence-electron chi connectivity index (χ4n) is 3.08. The zero-order chi connectivity index (χ0) is 14.7. The number of aromatic nitrogens is 1. The quantitative estimate of drug-likeness (QED) is 0.932. The van der Waals surface area contributed by atoms with Crippen LogP contribution in [-0.4, -0.2) is 29.0 Å². The first-order valence-electron chi connectivity index (χ1n) is 7.66. The van der Waals surface area contributed by atoms with Gasteiger partial charge in [0.2, 0.25) is 0 Å². The number of aryl methyl sites for hydroxylation is 1. The van der Waals surface area contributed by atoms with Gasteiger partial charge in [0.15, 0.2) is 0 Å². The molecule has 1 aromatic carbocycles.